The SMILES string of the molecule is COc1c(Br)cc(Cl)cc1/C=C(\C#N)C(=O)Nc1ccc(Br)cc1. The van der Waals surface area contributed by atoms with Gasteiger partial charge in [0.2, 0.25) is 0 Å². The Kier molecular flexibility index (Phi) is 6.44. The molecule has 2 aromatic rings. The van der Waals surface area contributed by atoms with Crippen molar-refractivity contribution in [3.8, 4) is 11.8 Å². The first-order valence-corrected chi connectivity index (χ1v) is 8.62. The van der Waals surface area contributed by atoms with Crippen molar-refractivity contribution in [1.82, 2.24) is 0 Å². The molecule has 0 aliphatic carbocycles. The molecule has 0 fully saturated rings. The van der Waals surface area contributed by atoms with Crippen LogP contribution in [-0.4, -0.2) is 13.0 Å². The van der Waals surface area contributed by atoms with E-state index in [4.69, 9.17) is 16.3 Å². The Morgan fingerprint density at radius 3 is 2.54 bits per heavy atom. The lowest BCUT2D eigenvalue weighted by Crippen LogP contribution is -2.13. The molecule has 0 saturated heterocycles. The lowest BCUT2D eigenvalue weighted by atomic mass is 10.1. The van der Waals surface area contributed by atoms with Gasteiger partial charge in [-0.25, -0.2) is 0 Å². The first-order valence-electron chi connectivity index (χ1n) is 6.66. The van der Waals surface area contributed by atoms with Gasteiger partial charge in [0.25, 0.3) is 5.91 Å². The number of halogens is 3. The number of amides is 1. The lowest BCUT2D eigenvalue weighted by molar-refractivity contribution is -0.112. The van der Waals surface area contributed by atoms with Crippen LogP contribution in [0.25, 0.3) is 6.08 Å². The van der Waals surface area contributed by atoms with Crippen molar-refractivity contribution in [2.75, 3.05) is 12.4 Å². The fraction of sp³-hybridized carbons (Fsp3) is 0.0588. The second-order valence-corrected chi connectivity index (χ2v) is 6.85. The van der Waals surface area contributed by atoms with Crippen LogP contribution in [0.2, 0.25) is 5.02 Å². The number of nitriles is 1. The summed E-state index contributed by atoms with van der Waals surface area (Å²) in [5.41, 5.74) is 1.05. The molecule has 2 rings (SSSR count). The summed E-state index contributed by atoms with van der Waals surface area (Å²) in [4.78, 5) is 12.3. The number of rotatable bonds is 4. The minimum Gasteiger partial charge on any atom is -0.495 e. The Morgan fingerprint density at radius 2 is 1.96 bits per heavy atom. The topological polar surface area (TPSA) is 62.1 Å². The molecule has 0 radical (unpaired) electrons. The van der Waals surface area contributed by atoms with E-state index in [1.54, 1.807) is 36.4 Å². The van der Waals surface area contributed by atoms with Crippen molar-refractivity contribution in [3.05, 3.63) is 61.5 Å². The normalized spacial score (nSPS) is 10.9. The molecule has 0 atom stereocenters. The average molecular weight is 471 g/mol. The van der Waals surface area contributed by atoms with Gasteiger partial charge >= 0.3 is 0 Å². The highest BCUT2D eigenvalue weighted by atomic mass is 79.9. The molecular weight excluding hydrogens is 459 g/mol. The smallest absolute Gasteiger partial charge is 0.266 e. The number of carbonyl (C=O) groups excluding carboxylic acids is 1. The largest absolute Gasteiger partial charge is 0.495 e. The summed E-state index contributed by atoms with van der Waals surface area (Å²) in [7, 11) is 1.50. The van der Waals surface area contributed by atoms with Crippen molar-refractivity contribution in [3.63, 3.8) is 0 Å². The predicted octanol–water partition coefficient (Wildman–Crippen LogP) is 5.42. The van der Waals surface area contributed by atoms with Gasteiger partial charge in [-0.2, -0.15) is 5.26 Å². The van der Waals surface area contributed by atoms with Gasteiger partial charge in [0, 0.05) is 20.7 Å². The molecule has 0 saturated carbocycles. The fourth-order valence-electron chi connectivity index (χ4n) is 1.94. The summed E-state index contributed by atoms with van der Waals surface area (Å²) in [5.74, 6) is -0.0263. The molecule has 0 heterocycles. The number of nitrogens with zero attached hydrogens (tertiary/aromatic N) is 1. The Morgan fingerprint density at radius 1 is 1.29 bits per heavy atom. The van der Waals surface area contributed by atoms with Gasteiger partial charge in [-0.15, -0.1) is 0 Å². The van der Waals surface area contributed by atoms with Crippen LogP contribution in [0.5, 0.6) is 5.75 Å². The molecule has 2 aromatic carbocycles. The van der Waals surface area contributed by atoms with Gasteiger partial charge in [0.15, 0.2) is 0 Å². The van der Waals surface area contributed by atoms with Crippen molar-refractivity contribution in [1.29, 1.82) is 5.26 Å². The van der Waals surface area contributed by atoms with Gasteiger partial charge in [0.05, 0.1) is 11.6 Å². The number of hydrogen-bond donors (Lipinski definition) is 1. The molecule has 24 heavy (non-hydrogen) atoms. The minimum atomic E-state index is -0.516. The monoisotopic (exact) mass is 468 g/mol. The first kappa shape index (κ1) is 18.5. The summed E-state index contributed by atoms with van der Waals surface area (Å²) in [6, 6.07) is 12.2. The number of hydrogen-bond acceptors (Lipinski definition) is 3. The molecule has 1 amide bonds. The van der Waals surface area contributed by atoms with E-state index in [1.165, 1.54) is 13.2 Å². The third kappa shape index (κ3) is 4.60. The van der Waals surface area contributed by atoms with E-state index in [-0.39, 0.29) is 5.57 Å². The summed E-state index contributed by atoms with van der Waals surface area (Å²) in [6.45, 7) is 0. The molecule has 0 aliphatic rings. The van der Waals surface area contributed by atoms with E-state index in [9.17, 15) is 10.1 Å². The lowest BCUT2D eigenvalue weighted by Gasteiger charge is -2.09. The van der Waals surface area contributed by atoms with Crippen molar-refractivity contribution < 1.29 is 9.53 Å². The Hall–Kier alpha value is -1.81. The molecule has 1 N–H and O–H groups in total. The Bertz CT molecular complexity index is 843. The quantitative estimate of drug-likeness (QED) is 0.480. The van der Waals surface area contributed by atoms with Crippen LogP contribution < -0.4 is 10.1 Å². The van der Waals surface area contributed by atoms with E-state index in [0.717, 1.165) is 4.47 Å². The maximum atomic E-state index is 12.3. The highest BCUT2D eigenvalue weighted by Gasteiger charge is 2.13. The van der Waals surface area contributed by atoms with Gasteiger partial charge in [-0.3, -0.25) is 4.79 Å². The van der Waals surface area contributed by atoms with Crippen LogP contribution in [0.15, 0.2) is 50.9 Å². The summed E-state index contributed by atoms with van der Waals surface area (Å²) >= 11 is 12.7. The molecule has 122 valence electrons. The van der Waals surface area contributed by atoms with Gasteiger partial charge < -0.3 is 10.1 Å². The van der Waals surface area contributed by atoms with Crippen molar-refractivity contribution in [2.24, 2.45) is 0 Å². The second-order valence-electron chi connectivity index (χ2n) is 4.64. The fourth-order valence-corrected chi connectivity index (χ4v) is 3.20. The van der Waals surface area contributed by atoms with Gasteiger partial charge in [-0.05, 0) is 58.4 Å². The number of benzene rings is 2. The Labute approximate surface area is 161 Å². The second kappa shape index (κ2) is 8.34. The maximum absolute atomic E-state index is 12.3. The van der Waals surface area contributed by atoms with Crippen molar-refractivity contribution >= 4 is 61.1 Å². The van der Waals surface area contributed by atoms with E-state index in [0.29, 0.717) is 26.5 Å². The third-order valence-electron chi connectivity index (χ3n) is 3.01. The summed E-state index contributed by atoms with van der Waals surface area (Å²) in [5, 5.41) is 12.4. The van der Waals surface area contributed by atoms with Crippen LogP contribution in [0.1, 0.15) is 5.56 Å². The van der Waals surface area contributed by atoms with Crippen molar-refractivity contribution in [2.45, 2.75) is 0 Å². The van der Waals surface area contributed by atoms with E-state index < -0.39 is 5.91 Å². The molecule has 0 bridgehead atoms. The molecular formula is C17H11Br2ClN2O2. The van der Waals surface area contributed by atoms with E-state index in [2.05, 4.69) is 37.2 Å². The zero-order valence-electron chi connectivity index (χ0n) is 12.4. The van der Waals surface area contributed by atoms with Crippen LogP contribution >= 0.6 is 43.5 Å². The van der Waals surface area contributed by atoms with Crippen LogP contribution in [0.4, 0.5) is 5.69 Å². The van der Waals surface area contributed by atoms with Gasteiger partial charge in [-0.1, -0.05) is 27.5 Å². The van der Waals surface area contributed by atoms with Gasteiger partial charge in [0.1, 0.15) is 17.4 Å². The van der Waals surface area contributed by atoms with Crippen LogP contribution in [0.3, 0.4) is 0 Å². The first-order chi connectivity index (χ1) is 11.4. The summed E-state index contributed by atoms with van der Waals surface area (Å²) < 4.78 is 6.82. The number of ether oxygens (including phenoxy) is 1. The zero-order valence-corrected chi connectivity index (χ0v) is 16.4. The number of nitrogens with one attached hydrogen (secondary N) is 1. The molecule has 0 aliphatic heterocycles. The van der Waals surface area contributed by atoms with E-state index in [1.807, 2.05) is 6.07 Å². The summed E-state index contributed by atoms with van der Waals surface area (Å²) in [6.07, 6.45) is 1.43. The van der Waals surface area contributed by atoms with Crippen LogP contribution in [-0.2, 0) is 4.79 Å². The van der Waals surface area contributed by atoms with Crippen LogP contribution in [0, 0.1) is 11.3 Å². The average Bonchev–Trinajstić information content (AvgIpc) is 2.54. The number of methoxy groups -OCH3 is 1. The molecule has 4 nitrogen and oxygen atoms in total. The molecule has 0 spiro atoms. The third-order valence-corrected chi connectivity index (χ3v) is 4.34. The predicted molar refractivity (Wildman–Crippen MR) is 102 cm³/mol. The number of carbonyl (C=O) groups is 1. The molecule has 0 unspecified atom stereocenters. The standard InChI is InChI=1S/C17H11Br2ClN2O2/c1-24-16-10(7-13(20)8-15(16)19)6-11(9-21)17(23)22-14-4-2-12(18)3-5-14/h2-8H,1H3,(H,22,23)/b11-6+. The molecule has 0 aromatic heterocycles. The maximum Gasteiger partial charge on any atom is 0.266 e. The Balaban J connectivity index is 2.34. The highest BCUT2D eigenvalue weighted by molar-refractivity contribution is 9.10. The highest BCUT2D eigenvalue weighted by Crippen LogP contribution is 2.34. The zero-order chi connectivity index (χ0) is 17.7. The van der Waals surface area contributed by atoms with E-state index >= 15 is 0 Å². The molecule has 7 heteroatoms. The minimum absolute atomic E-state index is 0.0645. The number of anilines is 1.